The van der Waals surface area contributed by atoms with E-state index in [2.05, 4.69) is 36.2 Å². The predicted octanol–water partition coefficient (Wildman–Crippen LogP) is 4.39. The highest BCUT2D eigenvalue weighted by molar-refractivity contribution is 5.95. The van der Waals surface area contributed by atoms with Crippen molar-refractivity contribution in [1.29, 1.82) is 0 Å². The average Bonchev–Trinajstić information content (AvgIpc) is 2.87. The van der Waals surface area contributed by atoms with Crippen molar-refractivity contribution in [3.8, 4) is 0 Å². The quantitative estimate of drug-likeness (QED) is 0.450. The van der Waals surface area contributed by atoms with Gasteiger partial charge in [-0.15, -0.1) is 4.91 Å². The zero-order chi connectivity index (χ0) is 24.1. The molecule has 0 bridgehead atoms. The van der Waals surface area contributed by atoms with E-state index in [4.69, 9.17) is 5.73 Å². The van der Waals surface area contributed by atoms with Gasteiger partial charge in [0.1, 0.15) is 0 Å². The zero-order valence-electron chi connectivity index (χ0n) is 19.7. The second-order valence-electron chi connectivity index (χ2n) is 8.64. The fourth-order valence-electron chi connectivity index (χ4n) is 4.12. The monoisotopic (exact) mass is 452 g/mol. The Morgan fingerprint density at radius 3 is 2.15 bits per heavy atom. The Morgan fingerprint density at radius 2 is 1.67 bits per heavy atom. The van der Waals surface area contributed by atoms with Gasteiger partial charge in [0.2, 0.25) is 6.41 Å². The largest absolute Gasteiger partial charge is 0.330 e. The number of hydrogen-bond acceptors (Lipinski definition) is 5. The van der Waals surface area contributed by atoms with E-state index in [-0.39, 0.29) is 5.56 Å². The van der Waals surface area contributed by atoms with Crippen LogP contribution in [0.2, 0.25) is 0 Å². The van der Waals surface area contributed by atoms with Crippen LogP contribution >= 0.6 is 0 Å². The summed E-state index contributed by atoms with van der Waals surface area (Å²) in [6.07, 6.45) is 6.44. The topological polar surface area (TPSA) is 96.1 Å². The smallest absolute Gasteiger partial charge is 0.316 e. The highest BCUT2D eigenvalue weighted by Crippen LogP contribution is 2.26. The molecule has 0 aliphatic heterocycles. The van der Waals surface area contributed by atoms with Crippen LogP contribution in [0.15, 0.2) is 59.8 Å². The fraction of sp³-hybridized carbons (Fsp3) is 0.462. The minimum absolute atomic E-state index is 0.224. The molecule has 1 aliphatic carbocycles. The molecule has 3 rings (SSSR count). The molecule has 178 valence electrons. The molecule has 2 N–H and O–H groups in total. The van der Waals surface area contributed by atoms with E-state index in [1.54, 1.807) is 17.0 Å². The Morgan fingerprint density at radius 1 is 1.03 bits per heavy atom. The standard InChI is InChI=1S/C19H28N4O3.C7H8/c1-22(17-7-3-15(13-20)4-8-17)11-2-12-23(14-24)18-9-5-16(6-10-18)19(25)21-26;1-7-5-3-2-4-6-7/h5-6,9-10,14-15,17H,2-4,7-8,11-13,20H2,1H3;2-6H,1H3. The van der Waals surface area contributed by atoms with Gasteiger partial charge in [0.05, 0.1) is 0 Å². The lowest BCUT2D eigenvalue weighted by molar-refractivity contribution is -0.107. The van der Waals surface area contributed by atoms with Crippen LogP contribution in [0.4, 0.5) is 5.69 Å². The molecular weight excluding hydrogens is 416 g/mol. The number of anilines is 1. The Balaban J connectivity index is 0.000000468. The van der Waals surface area contributed by atoms with Crippen molar-refractivity contribution in [3.05, 3.63) is 70.6 Å². The summed E-state index contributed by atoms with van der Waals surface area (Å²) < 4.78 is 0. The molecule has 0 atom stereocenters. The molecule has 33 heavy (non-hydrogen) atoms. The molecule has 2 aromatic carbocycles. The minimum atomic E-state index is -0.805. The highest BCUT2D eigenvalue weighted by atomic mass is 16.3. The Hall–Kier alpha value is -2.90. The molecule has 0 spiro atoms. The van der Waals surface area contributed by atoms with Crippen LogP contribution in [0.1, 0.15) is 48.0 Å². The second-order valence-corrected chi connectivity index (χ2v) is 8.64. The summed E-state index contributed by atoms with van der Waals surface area (Å²) in [5, 5.41) is 2.39. The maximum absolute atomic E-state index is 11.4. The third-order valence-electron chi connectivity index (χ3n) is 6.28. The number of rotatable bonds is 9. The lowest BCUT2D eigenvalue weighted by Crippen LogP contribution is -2.38. The number of amides is 2. The Kier molecular flexibility index (Phi) is 11.4. The van der Waals surface area contributed by atoms with E-state index in [1.165, 1.54) is 43.4 Å². The van der Waals surface area contributed by atoms with Crippen LogP contribution in [0, 0.1) is 17.7 Å². The zero-order valence-corrected chi connectivity index (χ0v) is 19.7. The van der Waals surface area contributed by atoms with Gasteiger partial charge >= 0.3 is 5.91 Å². The summed E-state index contributed by atoms with van der Waals surface area (Å²) >= 11 is 0. The molecule has 0 aromatic heterocycles. The van der Waals surface area contributed by atoms with Crippen molar-refractivity contribution in [2.45, 2.75) is 45.1 Å². The van der Waals surface area contributed by atoms with Crippen LogP contribution in [0.3, 0.4) is 0 Å². The SMILES string of the molecule is CN(CCCN(C=O)c1ccc(C(=O)N=O)cc1)C1CCC(CN)CC1.Cc1ccccc1. The Bertz CT molecular complexity index is 850. The molecule has 0 unspecified atom stereocenters. The predicted molar refractivity (Wildman–Crippen MR) is 133 cm³/mol. The van der Waals surface area contributed by atoms with Crippen molar-refractivity contribution in [2.24, 2.45) is 16.8 Å². The van der Waals surface area contributed by atoms with Crippen molar-refractivity contribution in [1.82, 2.24) is 4.90 Å². The summed E-state index contributed by atoms with van der Waals surface area (Å²) in [6.45, 7) is 4.40. The number of aryl methyl sites for hydroxylation is 1. The number of nitrogens with zero attached hydrogens (tertiary/aromatic N) is 3. The lowest BCUT2D eigenvalue weighted by Gasteiger charge is -2.34. The van der Waals surface area contributed by atoms with E-state index >= 15 is 0 Å². The number of carbonyl (C=O) groups is 2. The van der Waals surface area contributed by atoms with E-state index in [0.29, 0.717) is 24.2 Å². The van der Waals surface area contributed by atoms with Gasteiger partial charge in [-0.05, 0) is 89.3 Å². The lowest BCUT2D eigenvalue weighted by atomic mass is 9.85. The Labute approximate surface area is 196 Å². The minimum Gasteiger partial charge on any atom is -0.330 e. The first-order valence-electron chi connectivity index (χ1n) is 11.6. The molecular formula is C26H36N4O3. The van der Waals surface area contributed by atoms with Gasteiger partial charge in [0, 0.05) is 29.0 Å². The number of hydrogen-bond donors (Lipinski definition) is 1. The number of carbonyl (C=O) groups excluding carboxylic acids is 2. The van der Waals surface area contributed by atoms with Crippen LogP contribution in [0.5, 0.6) is 0 Å². The summed E-state index contributed by atoms with van der Waals surface area (Å²) in [6, 6.07) is 17.2. The molecule has 7 nitrogen and oxygen atoms in total. The third-order valence-corrected chi connectivity index (χ3v) is 6.28. The first kappa shape index (κ1) is 26.4. The first-order valence-corrected chi connectivity index (χ1v) is 11.6. The second kappa shape index (κ2) is 14.3. The summed E-state index contributed by atoms with van der Waals surface area (Å²) in [5.74, 6) is -0.130. The van der Waals surface area contributed by atoms with E-state index < -0.39 is 5.91 Å². The normalized spacial score (nSPS) is 17.6. The van der Waals surface area contributed by atoms with Gasteiger partial charge in [-0.1, -0.05) is 35.9 Å². The number of benzene rings is 2. The van der Waals surface area contributed by atoms with Gasteiger partial charge in [0.15, 0.2) is 0 Å². The molecule has 0 radical (unpaired) electrons. The van der Waals surface area contributed by atoms with Crippen LogP contribution in [-0.2, 0) is 4.79 Å². The fourth-order valence-corrected chi connectivity index (χ4v) is 4.12. The molecule has 1 aliphatic rings. The van der Waals surface area contributed by atoms with Gasteiger partial charge in [-0.25, -0.2) is 0 Å². The summed E-state index contributed by atoms with van der Waals surface area (Å²) in [7, 11) is 2.14. The van der Waals surface area contributed by atoms with Crippen molar-refractivity contribution in [2.75, 3.05) is 31.6 Å². The number of nitrogens with two attached hydrogens (primary N) is 1. The molecule has 0 saturated heterocycles. The van der Waals surface area contributed by atoms with Crippen molar-refractivity contribution in [3.63, 3.8) is 0 Å². The van der Waals surface area contributed by atoms with E-state index in [0.717, 1.165) is 25.9 Å². The maximum atomic E-state index is 11.4. The third kappa shape index (κ3) is 8.86. The van der Waals surface area contributed by atoms with Gasteiger partial charge in [-0.2, -0.15) is 0 Å². The van der Waals surface area contributed by atoms with E-state index in [9.17, 15) is 14.5 Å². The molecule has 1 saturated carbocycles. The van der Waals surface area contributed by atoms with Crippen LogP contribution in [-0.4, -0.2) is 49.9 Å². The average molecular weight is 453 g/mol. The molecule has 2 aromatic rings. The van der Waals surface area contributed by atoms with Crippen molar-refractivity contribution < 1.29 is 9.59 Å². The molecule has 2 amide bonds. The molecule has 1 fully saturated rings. The van der Waals surface area contributed by atoms with Crippen molar-refractivity contribution >= 4 is 18.0 Å². The van der Waals surface area contributed by atoms with Crippen LogP contribution in [0.25, 0.3) is 0 Å². The van der Waals surface area contributed by atoms with Crippen LogP contribution < -0.4 is 10.6 Å². The summed E-state index contributed by atoms with van der Waals surface area (Å²) in [5.41, 5.74) is 8.00. The maximum Gasteiger partial charge on any atom is 0.316 e. The first-order chi connectivity index (χ1) is 16.0. The highest BCUT2D eigenvalue weighted by Gasteiger charge is 2.23. The van der Waals surface area contributed by atoms with Gasteiger partial charge in [0.25, 0.3) is 0 Å². The van der Waals surface area contributed by atoms with Gasteiger partial charge in [-0.3, -0.25) is 9.59 Å². The molecule has 0 heterocycles. The summed E-state index contributed by atoms with van der Waals surface area (Å²) in [4.78, 5) is 36.9. The van der Waals surface area contributed by atoms with E-state index in [1.807, 2.05) is 18.2 Å². The molecule has 7 heteroatoms. The number of nitroso groups, excluding NO2 is 1. The van der Waals surface area contributed by atoms with Gasteiger partial charge < -0.3 is 15.5 Å².